The maximum Gasteiger partial charge on any atom is 0.310 e. The number of hydrogen-bond donors (Lipinski definition) is 1. The lowest BCUT2D eigenvalue weighted by atomic mass is 10.3. The minimum absolute atomic E-state index is 0.281. The highest BCUT2D eigenvalue weighted by Gasteiger charge is 2.05. The molecular formula is C10H13NO3. The van der Waals surface area contributed by atoms with E-state index in [2.05, 4.69) is 0 Å². The fraction of sp³-hybridized carbons (Fsp3) is 0.300. The molecule has 4 nitrogen and oxygen atoms in total. The van der Waals surface area contributed by atoms with Gasteiger partial charge in [0.05, 0.1) is 12.8 Å². The molecule has 0 amide bonds. The minimum Gasteiger partial charge on any atom is -0.494 e. The second-order valence-electron chi connectivity index (χ2n) is 2.73. The van der Waals surface area contributed by atoms with E-state index in [-0.39, 0.29) is 5.97 Å². The Kier molecular flexibility index (Phi) is 3.34. The molecule has 1 rings (SSSR count). The Morgan fingerprint density at radius 2 is 2.21 bits per heavy atom. The molecule has 1 aromatic carbocycles. The van der Waals surface area contributed by atoms with Crippen LogP contribution in [0.5, 0.6) is 11.5 Å². The molecule has 0 radical (unpaired) electrons. The van der Waals surface area contributed by atoms with Gasteiger partial charge in [-0.2, -0.15) is 0 Å². The van der Waals surface area contributed by atoms with Crippen molar-refractivity contribution in [2.24, 2.45) is 0 Å². The van der Waals surface area contributed by atoms with E-state index in [0.717, 1.165) is 0 Å². The van der Waals surface area contributed by atoms with Crippen LogP contribution in [0.25, 0.3) is 0 Å². The molecule has 0 atom stereocenters. The number of benzene rings is 1. The van der Waals surface area contributed by atoms with Gasteiger partial charge in [0.1, 0.15) is 11.5 Å². The zero-order valence-corrected chi connectivity index (χ0v) is 8.24. The fourth-order valence-corrected chi connectivity index (χ4v) is 0.959. The second-order valence-corrected chi connectivity index (χ2v) is 2.73. The summed E-state index contributed by atoms with van der Waals surface area (Å²) in [6, 6.07) is 4.85. The van der Waals surface area contributed by atoms with Crippen LogP contribution >= 0.6 is 0 Å². The Morgan fingerprint density at radius 1 is 1.50 bits per heavy atom. The first-order valence-electron chi connectivity index (χ1n) is 4.31. The average molecular weight is 195 g/mol. The van der Waals surface area contributed by atoms with Crippen molar-refractivity contribution in [3.05, 3.63) is 18.2 Å². The van der Waals surface area contributed by atoms with Gasteiger partial charge in [-0.05, 0) is 12.1 Å². The molecule has 0 aromatic heterocycles. The number of hydrogen-bond acceptors (Lipinski definition) is 4. The third-order valence-corrected chi connectivity index (χ3v) is 1.73. The van der Waals surface area contributed by atoms with Gasteiger partial charge in [-0.25, -0.2) is 0 Å². The van der Waals surface area contributed by atoms with Gasteiger partial charge in [-0.15, -0.1) is 0 Å². The number of ether oxygens (including phenoxy) is 2. The summed E-state index contributed by atoms with van der Waals surface area (Å²) >= 11 is 0. The van der Waals surface area contributed by atoms with Crippen LogP contribution < -0.4 is 15.2 Å². The summed E-state index contributed by atoms with van der Waals surface area (Å²) in [6.07, 6.45) is 0.340. The summed E-state index contributed by atoms with van der Waals surface area (Å²) in [5.74, 6) is 0.672. The Balaban J connectivity index is 2.84. The molecule has 4 heteroatoms. The first-order chi connectivity index (χ1) is 6.67. The topological polar surface area (TPSA) is 61.5 Å². The molecule has 1 aromatic rings. The van der Waals surface area contributed by atoms with Crippen LogP contribution in [-0.4, -0.2) is 13.1 Å². The van der Waals surface area contributed by atoms with Crippen molar-refractivity contribution < 1.29 is 14.3 Å². The number of anilines is 1. The maximum atomic E-state index is 11.0. The maximum absolute atomic E-state index is 11.0. The van der Waals surface area contributed by atoms with Crippen molar-refractivity contribution >= 4 is 11.7 Å². The van der Waals surface area contributed by atoms with Gasteiger partial charge < -0.3 is 15.2 Å². The Hall–Kier alpha value is -1.71. The minimum atomic E-state index is -0.281. The van der Waals surface area contributed by atoms with Crippen LogP contribution in [0.2, 0.25) is 0 Å². The van der Waals surface area contributed by atoms with E-state index in [1.807, 2.05) is 0 Å². The van der Waals surface area contributed by atoms with E-state index in [1.165, 1.54) is 7.11 Å². The normalized spacial score (nSPS) is 9.57. The molecule has 0 saturated carbocycles. The molecule has 0 aliphatic heterocycles. The summed E-state index contributed by atoms with van der Waals surface area (Å²) in [4.78, 5) is 11.0. The van der Waals surface area contributed by atoms with Gasteiger partial charge in [-0.3, -0.25) is 4.79 Å². The van der Waals surface area contributed by atoms with Crippen LogP contribution in [0, 0.1) is 0 Å². The van der Waals surface area contributed by atoms with Crippen molar-refractivity contribution in [2.45, 2.75) is 13.3 Å². The highest BCUT2D eigenvalue weighted by atomic mass is 16.5. The average Bonchev–Trinajstić information content (AvgIpc) is 2.20. The highest BCUT2D eigenvalue weighted by Crippen LogP contribution is 2.26. The molecule has 0 saturated heterocycles. The number of rotatable bonds is 3. The van der Waals surface area contributed by atoms with Crippen LogP contribution in [0.15, 0.2) is 18.2 Å². The third-order valence-electron chi connectivity index (χ3n) is 1.73. The molecule has 14 heavy (non-hydrogen) atoms. The van der Waals surface area contributed by atoms with E-state index in [9.17, 15) is 4.79 Å². The van der Waals surface area contributed by atoms with E-state index in [1.54, 1.807) is 25.1 Å². The van der Waals surface area contributed by atoms with E-state index in [0.29, 0.717) is 23.6 Å². The van der Waals surface area contributed by atoms with Crippen LogP contribution in [0.3, 0.4) is 0 Å². The summed E-state index contributed by atoms with van der Waals surface area (Å²) in [5, 5.41) is 0. The summed E-state index contributed by atoms with van der Waals surface area (Å²) in [7, 11) is 1.51. The predicted molar refractivity (Wildman–Crippen MR) is 53.3 cm³/mol. The first-order valence-corrected chi connectivity index (χ1v) is 4.31. The van der Waals surface area contributed by atoms with Gasteiger partial charge in [0.15, 0.2) is 0 Å². The Morgan fingerprint density at radius 3 is 2.79 bits per heavy atom. The van der Waals surface area contributed by atoms with E-state index in [4.69, 9.17) is 15.2 Å². The van der Waals surface area contributed by atoms with Crippen LogP contribution in [0.4, 0.5) is 5.69 Å². The molecule has 0 fully saturated rings. The number of esters is 1. The zero-order chi connectivity index (χ0) is 10.6. The molecular weight excluding hydrogens is 182 g/mol. The second kappa shape index (κ2) is 4.50. The van der Waals surface area contributed by atoms with Gasteiger partial charge >= 0.3 is 5.97 Å². The van der Waals surface area contributed by atoms with Gasteiger partial charge in [0.2, 0.25) is 0 Å². The summed E-state index contributed by atoms with van der Waals surface area (Å²) in [5.41, 5.74) is 6.12. The fourth-order valence-electron chi connectivity index (χ4n) is 0.959. The largest absolute Gasteiger partial charge is 0.494 e. The van der Waals surface area contributed by atoms with Crippen LogP contribution in [0.1, 0.15) is 13.3 Å². The quantitative estimate of drug-likeness (QED) is 0.452. The monoisotopic (exact) mass is 195 g/mol. The van der Waals surface area contributed by atoms with Crippen molar-refractivity contribution in [3.63, 3.8) is 0 Å². The van der Waals surface area contributed by atoms with Crippen LogP contribution in [-0.2, 0) is 4.79 Å². The van der Waals surface area contributed by atoms with Crippen molar-refractivity contribution in [1.29, 1.82) is 0 Å². The molecule has 0 aliphatic carbocycles. The molecule has 0 bridgehead atoms. The molecule has 0 spiro atoms. The van der Waals surface area contributed by atoms with Crippen molar-refractivity contribution in [3.8, 4) is 11.5 Å². The van der Waals surface area contributed by atoms with Crippen molar-refractivity contribution in [2.75, 3.05) is 12.8 Å². The number of carbonyl (C=O) groups excluding carboxylic acids is 1. The predicted octanol–water partition coefficient (Wildman–Crippen LogP) is 1.59. The SMILES string of the molecule is CCC(=O)Oc1ccc(N)c(OC)c1. The van der Waals surface area contributed by atoms with Crippen molar-refractivity contribution in [1.82, 2.24) is 0 Å². The Bertz CT molecular complexity index is 336. The molecule has 0 unspecified atom stereocenters. The molecule has 0 heterocycles. The summed E-state index contributed by atoms with van der Waals surface area (Å²) < 4.78 is 9.97. The van der Waals surface area contributed by atoms with Gasteiger partial charge in [-0.1, -0.05) is 6.92 Å². The third kappa shape index (κ3) is 2.39. The number of nitrogens with two attached hydrogens (primary N) is 1. The lowest BCUT2D eigenvalue weighted by molar-refractivity contribution is -0.134. The lowest BCUT2D eigenvalue weighted by Gasteiger charge is -2.07. The molecule has 0 aliphatic rings. The first kappa shape index (κ1) is 10.4. The van der Waals surface area contributed by atoms with E-state index < -0.39 is 0 Å². The van der Waals surface area contributed by atoms with Gasteiger partial charge in [0.25, 0.3) is 0 Å². The highest BCUT2D eigenvalue weighted by molar-refractivity contribution is 5.72. The molecule has 2 N–H and O–H groups in total. The standard InChI is InChI=1S/C10H13NO3/c1-3-10(12)14-7-4-5-8(11)9(6-7)13-2/h4-6H,3,11H2,1-2H3. The summed E-state index contributed by atoms with van der Waals surface area (Å²) in [6.45, 7) is 1.73. The zero-order valence-electron chi connectivity index (χ0n) is 8.24. The lowest BCUT2D eigenvalue weighted by Crippen LogP contribution is -2.05. The van der Waals surface area contributed by atoms with Gasteiger partial charge in [0, 0.05) is 12.5 Å². The smallest absolute Gasteiger partial charge is 0.310 e. The number of methoxy groups -OCH3 is 1. The Labute approximate surface area is 82.6 Å². The number of nitrogen functional groups attached to an aromatic ring is 1. The molecule has 76 valence electrons. The van der Waals surface area contributed by atoms with E-state index >= 15 is 0 Å². The number of carbonyl (C=O) groups is 1.